The van der Waals surface area contributed by atoms with Gasteiger partial charge < -0.3 is 15.2 Å². The molecule has 0 spiro atoms. The third-order valence-electron chi connectivity index (χ3n) is 2.68. The number of ether oxygens (including phenoxy) is 1. The summed E-state index contributed by atoms with van der Waals surface area (Å²) in [7, 11) is 0. The molecule has 2 N–H and O–H groups in total. The Morgan fingerprint density at radius 3 is 2.80 bits per heavy atom. The van der Waals surface area contributed by atoms with Gasteiger partial charge >= 0.3 is 0 Å². The van der Waals surface area contributed by atoms with Crippen LogP contribution in [0.1, 0.15) is 19.0 Å². The van der Waals surface area contributed by atoms with Crippen molar-refractivity contribution in [2.24, 2.45) is 0 Å². The van der Waals surface area contributed by atoms with Crippen molar-refractivity contribution in [3.05, 3.63) is 47.2 Å². The fourth-order valence-electron chi connectivity index (χ4n) is 1.65. The summed E-state index contributed by atoms with van der Waals surface area (Å²) < 4.78 is 5.52. The number of nitrogens with zero attached hydrogens (tertiary/aromatic N) is 1. The SMILES string of the molecule is CCCOc1ccc(NCc2ccc(O)cn2)cc1Cl. The molecule has 0 fully saturated rings. The number of rotatable bonds is 6. The second-order valence-electron chi connectivity index (χ2n) is 4.35. The monoisotopic (exact) mass is 292 g/mol. The highest BCUT2D eigenvalue weighted by atomic mass is 35.5. The van der Waals surface area contributed by atoms with Crippen LogP contribution in [0.15, 0.2) is 36.5 Å². The van der Waals surface area contributed by atoms with E-state index in [2.05, 4.69) is 17.2 Å². The molecule has 20 heavy (non-hydrogen) atoms. The van der Waals surface area contributed by atoms with Crippen molar-refractivity contribution in [3.63, 3.8) is 0 Å². The first kappa shape index (κ1) is 14.5. The Kier molecular flexibility index (Phi) is 5.07. The van der Waals surface area contributed by atoms with Crippen LogP contribution >= 0.6 is 11.6 Å². The summed E-state index contributed by atoms with van der Waals surface area (Å²) in [5.41, 5.74) is 1.74. The number of halogens is 1. The molecular weight excluding hydrogens is 276 g/mol. The van der Waals surface area contributed by atoms with E-state index in [1.54, 1.807) is 12.1 Å². The zero-order chi connectivity index (χ0) is 14.4. The normalized spacial score (nSPS) is 10.3. The second kappa shape index (κ2) is 7.01. The van der Waals surface area contributed by atoms with Gasteiger partial charge in [-0.15, -0.1) is 0 Å². The largest absolute Gasteiger partial charge is 0.506 e. The smallest absolute Gasteiger partial charge is 0.138 e. The van der Waals surface area contributed by atoms with Crippen LogP contribution in [0.2, 0.25) is 5.02 Å². The van der Waals surface area contributed by atoms with E-state index in [0.717, 1.165) is 17.8 Å². The van der Waals surface area contributed by atoms with Crippen LogP contribution in [0.3, 0.4) is 0 Å². The van der Waals surface area contributed by atoms with E-state index in [9.17, 15) is 0 Å². The quantitative estimate of drug-likeness (QED) is 0.849. The predicted molar refractivity (Wildman–Crippen MR) is 80.5 cm³/mol. The molecule has 0 aliphatic rings. The van der Waals surface area contributed by atoms with Gasteiger partial charge in [0.25, 0.3) is 0 Å². The van der Waals surface area contributed by atoms with E-state index >= 15 is 0 Å². The molecule has 1 heterocycles. The predicted octanol–water partition coefficient (Wildman–Crippen LogP) is 3.84. The Balaban J connectivity index is 1.96. The highest BCUT2D eigenvalue weighted by Crippen LogP contribution is 2.28. The minimum atomic E-state index is 0.161. The van der Waals surface area contributed by atoms with E-state index < -0.39 is 0 Å². The molecule has 106 valence electrons. The van der Waals surface area contributed by atoms with E-state index in [4.69, 9.17) is 21.4 Å². The zero-order valence-corrected chi connectivity index (χ0v) is 12.0. The topological polar surface area (TPSA) is 54.4 Å². The van der Waals surface area contributed by atoms with Crippen LogP contribution in [-0.2, 0) is 6.54 Å². The lowest BCUT2D eigenvalue weighted by Crippen LogP contribution is -2.02. The third-order valence-corrected chi connectivity index (χ3v) is 2.97. The van der Waals surface area contributed by atoms with Crippen LogP contribution < -0.4 is 10.1 Å². The number of aromatic hydroxyl groups is 1. The number of nitrogens with one attached hydrogen (secondary N) is 1. The second-order valence-corrected chi connectivity index (χ2v) is 4.76. The van der Waals surface area contributed by atoms with Gasteiger partial charge in [-0.2, -0.15) is 0 Å². The molecule has 0 saturated heterocycles. The molecular formula is C15H17ClN2O2. The van der Waals surface area contributed by atoms with Crippen molar-refractivity contribution in [1.29, 1.82) is 0 Å². The summed E-state index contributed by atoms with van der Waals surface area (Å²) in [5.74, 6) is 0.857. The van der Waals surface area contributed by atoms with Gasteiger partial charge in [0.1, 0.15) is 11.5 Å². The molecule has 0 aliphatic carbocycles. The summed E-state index contributed by atoms with van der Waals surface area (Å²) in [6.07, 6.45) is 2.37. The molecule has 1 aromatic carbocycles. The number of benzene rings is 1. The maximum absolute atomic E-state index is 9.17. The minimum absolute atomic E-state index is 0.161. The summed E-state index contributed by atoms with van der Waals surface area (Å²) in [6.45, 7) is 3.27. The lowest BCUT2D eigenvalue weighted by Gasteiger charge is -2.10. The molecule has 0 bridgehead atoms. The molecule has 0 atom stereocenters. The molecule has 0 radical (unpaired) electrons. The molecule has 0 unspecified atom stereocenters. The molecule has 4 nitrogen and oxygen atoms in total. The van der Waals surface area contributed by atoms with Gasteiger partial charge in [0.15, 0.2) is 0 Å². The number of hydrogen-bond acceptors (Lipinski definition) is 4. The van der Waals surface area contributed by atoms with E-state index in [1.807, 2.05) is 18.2 Å². The van der Waals surface area contributed by atoms with Crippen molar-refractivity contribution in [1.82, 2.24) is 4.98 Å². The lowest BCUT2D eigenvalue weighted by atomic mass is 10.3. The molecule has 2 rings (SSSR count). The van der Waals surface area contributed by atoms with Gasteiger partial charge in [-0.25, -0.2) is 0 Å². The summed E-state index contributed by atoms with van der Waals surface area (Å²) in [5, 5.41) is 13.0. The standard InChI is InChI=1S/C15H17ClN2O2/c1-2-7-20-15-6-4-11(8-14(15)16)17-9-12-3-5-13(19)10-18-12/h3-6,8,10,17,19H,2,7,9H2,1H3. The average Bonchev–Trinajstić information content (AvgIpc) is 2.46. The van der Waals surface area contributed by atoms with Crippen LogP contribution in [0.4, 0.5) is 5.69 Å². The average molecular weight is 293 g/mol. The number of anilines is 1. The molecule has 2 aromatic rings. The summed E-state index contributed by atoms with van der Waals surface area (Å²) in [6, 6.07) is 8.97. The highest BCUT2D eigenvalue weighted by Gasteiger charge is 2.03. The van der Waals surface area contributed by atoms with Crippen molar-refractivity contribution < 1.29 is 9.84 Å². The zero-order valence-electron chi connectivity index (χ0n) is 11.3. The first-order chi connectivity index (χ1) is 9.69. The lowest BCUT2D eigenvalue weighted by molar-refractivity contribution is 0.317. The van der Waals surface area contributed by atoms with Gasteiger partial charge in [0.2, 0.25) is 0 Å². The first-order valence-electron chi connectivity index (χ1n) is 6.49. The van der Waals surface area contributed by atoms with Crippen LogP contribution in [0.25, 0.3) is 0 Å². The van der Waals surface area contributed by atoms with E-state index in [1.165, 1.54) is 6.20 Å². The summed E-state index contributed by atoms with van der Waals surface area (Å²) in [4.78, 5) is 4.10. The number of pyridine rings is 1. The molecule has 0 saturated carbocycles. The van der Waals surface area contributed by atoms with Gasteiger partial charge in [0, 0.05) is 5.69 Å². The van der Waals surface area contributed by atoms with Crippen molar-refractivity contribution in [2.45, 2.75) is 19.9 Å². The maximum Gasteiger partial charge on any atom is 0.138 e. The number of aromatic nitrogens is 1. The molecule has 5 heteroatoms. The Morgan fingerprint density at radius 2 is 2.15 bits per heavy atom. The third kappa shape index (κ3) is 4.03. The Bertz CT molecular complexity index is 558. The minimum Gasteiger partial charge on any atom is -0.506 e. The molecule has 0 aliphatic heterocycles. The van der Waals surface area contributed by atoms with Gasteiger partial charge in [-0.1, -0.05) is 18.5 Å². The fourth-order valence-corrected chi connectivity index (χ4v) is 1.89. The maximum atomic E-state index is 9.17. The van der Waals surface area contributed by atoms with E-state index in [0.29, 0.717) is 23.9 Å². The molecule has 1 aromatic heterocycles. The van der Waals surface area contributed by atoms with E-state index in [-0.39, 0.29) is 5.75 Å². The van der Waals surface area contributed by atoms with Crippen molar-refractivity contribution in [2.75, 3.05) is 11.9 Å². The van der Waals surface area contributed by atoms with Crippen molar-refractivity contribution >= 4 is 17.3 Å². The van der Waals surface area contributed by atoms with Gasteiger partial charge in [0.05, 0.1) is 30.1 Å². The van der Waals surface area contributed by atoms with Crippen molar-refractivity contribution in [3.8, 4) is 11.5 Å². The van der Waals surface area contributed by atoms with Gasteiger partial charge in [-0.3, -0.25) is 4.98 Å². The van der Waals surface area contributed by atoms with Crippen LogP contribution in [0.5, 0.6) is 11.5 Å². The van der Waals surface area contributed by atoms with Gasteiger partial charge in [-0.05, 0) is 36.8 Å². The Morgan fingerprint density at radius 1 is 1.30 bits per heavy atom. The first-order valence-corrected chi connectivity index (χ1v) is 6.87. The van der Waals surface area contributed by atoms with Crippen LogP contribution in [-0.4, -0.2) is 16.7 Å². The number of hydrogen-bond donors (Lipinski definition) is 2. The highest BCUT2D eigenvalue weighted by molar-refractivity contribution is 6.32. The Labute approximate surface area is 123 Å². The Hall–Kier alpha value is -1.94. The summed E-state index contributed by atoms with van der Waals surface area (Å²) >= 11 is 6.15. The van der Waals surface area contributed by atoms with Crippen LogP contribution in [0, 0.1) is 0 Å². The fraction of sp³-hybridized carbons (Fsp3) is 0.267. The molecule has 0 amide bonds.